The Hall–Kier alpha value is -3.20. The second-order valence-electron chi connectivity index (χ2n) is 9.96. The van der Waals surface area contributed by atoms with Crippen molar-refractivity contribution in [3.8, 4) is 0 Å². The molecule has 0 saturated carbocycles. The highest BCUT2D eigenvalue weighted by molar-refractivity contribution is 7.92. The molecule has 0 aliphatic heterocycles. The number of hydrogen-bond acceptors (Lipinski definition) is 4. The Bertz CT molecular complexity index is 1270. The first-order chi connectivity index (χ1) is 19.1. The van der Waals surface area contributed by atoms with Gasteiger partial charge in [-0.3, -0.25) is 4.72 Å². The lowest BCUT2D eigenvalue weighted by Crippen LogP contribution is -2.25. The zero-order chi connectivity index (χ0) is 29.0. The van der Waals surface area contributed by atoms with Gasteiger partial charge < -0.3 is 10.2 Å². The minimum atomic E-state index is -4.69. The zero-order valence-electron chi connectivity index (χ0n) is 23.3. The van der Waals surface area contributed by atoms with Crippen molar-refractivity contribution in [2.75, 3.05) is 28.0 Å². The molecule has 40 heavy (non-hydrogen) atoms. The predicted molar refractivity (Wildman–Crippen MR) is 159 cm³/mol. The van der Waals surface area contributed by atoms with Crippen molar-refractivity contribution in [2.24, 2.45) is 0 Å². The summed E-state index contributed by atoms with van der Waals surface area (Å²) in [6.45, 7) is 6.29. The molecule has 5 nitrogen and oxygen atoms in total. The molecule has 0 heterocycles. The number of rotatable bonds is 16. The van der Waals surface area contributed by atoms with Crippen LogP contribution in [0.15, 0.2) is 77.7 Å². The van der Waals surface area contributed by atoms with Crippen LogP contribution in [0.2, 0.25) is 0 Å². The molecule has 0 aliphatic rings. The summed E-state index contributed by atoms with van der Waals surface area (Å²) in [5.41, 5.74) is 0.292. The zero-order valence-corrected chi connectivity index (χ0v) is 24.1. The van der Waals surface area contributed by atoms with Crippen molar-refractivity contribution in [3.63, 3.8) is 0 Å². The molecular formula is C31H40F3N3O2S. The summed E-state index contributed by atoms with van der Waals surface area (Å²) < 4.78 is 69.4. The Balaban J connectivity index is 1.76. The Kier molecular flexibility index (Phi) is 11.7. The number of unbranched alkanes of at least 4 members (excludes halogenated alkanes) is 6. The normalized spacial score (nSPS) is 11.8. The smallest absolute Gasteiger partial charge is 0.372 e. The summed E-state index contributed by atoms with van der Waals surface area (Å²) in [5.74, 6) is 0. The van der Waals surface area contributed by atoms with Crippen LogP contribution in [0.3, 0.4) is 0 Å². The number of nitrogens with zero attached hydrogens (tertiary/aromatic N) is 1. The van der Waals surface area contributed by atoms with Gasteiger partial charge in [0.15, 0.2) is 0 Å². The Morgan fingerprint density at radius 1 is 0.725 bits per heavy atom. The molecule has 0 aliphatic carbocycles. The van der Waals surface area contributed by atoms with Gasteiger partial charge in [0.2, 0.25) is 0 Å². The largest absolute Gasteiger partial charge is 0.418 e. The van der Waals surface area contributed by atoms with Crippen molar-refractivity contribution in [3.05, 3.63) is 78.4 Å². The van der Waals surface area contributed by atoms with Crippen LogP contribution in [0.4, 0.5) is 35.9 Å². The molecule has 0 bridgehead atoms. The molecule has 2 N–H and O–H groups in total. The highest BCUT2D eigenvalue weighted by Gasteiger charge is 2.34. The SMILES string of the molecule is CCCCCCN(CCCCCC)c1ccc(Nc2ccc(NS(=O)(=O)c3ccccc3)cc2C(F)(F)F)cc1. The van der Waals surface area contributed by atoms with Gasteiger partial charge in [0, 0.05) is 30.2 Å². The van der Waals surface area contributed by atoms with Gasteiger partial charge in [-0.2, -0.15) is 13.2 Å². The average molecular weight is 576 g/mol. The maximum absolute atomic E-state index is 14.0. The van der Waals surface area contributed by atoms with Gasteiger partial charge in [0.05, 0.1) is 16.1 Å². The number of sulfonamides is 1. The Morgan fingerprint density at radius 2 is 1.30 bits per heavy atom. The van der Waals surface area contributed by atoms with E-state index in [1.807, 2.05) is 12.1 Å². The van der Waals surface area contributed by atoms with Crippen LogP contribution in [0.25, 0.3) is 0 Å². The Morgan fingerprint density at radius 3 is 1.85 bits per heavy atom. The number of nitrogens with one attached hydrogen (secondary N) is 2. The van der Waals surface area contributed by atoms with Crippen molar-refractivity contribution < 1.29 is 21.6 Å². The van der Waals surface area contributed by atoms with Crippen molar-refractivity contribution in [2.45, 2.75) is 76.3 Å². The summed E-state index contributed by atoms with van der Waals surface area (Å²) in [6, 6.07) is 18.3. The van der Waals surface area contributed by atoms with Gasteiger partial charge in [-0.15, -0.1) is 0 Å². The van der Waals surface area contributed by atoms with E-state index in [0.717, 1.165) is 37.7 Å². The molecule has 0 amide bonds. The van der Waals surface area contributed by atoms with E-state index in [-0.39, 0.29) is 16.3 Å². The van der Waals surface area contributed by atoms with Gasteiger partial charge >= 0.3 is 6.18 Å². The molecule has 3 aromatic carbocycles. The topological polar surface area (TPSA) is 61.4 Å². The van der Waals surface area contributed by atoms with Gasteiger partial charge in [-0.1, -0.05) is 70.6 Å². The van der Waals surface area contributed by atoms with Crippen molar-refractivity contribution in [1.82, 2.24) is 0 Å². The maximum atomic E-state index is 14.0. The van der Waals surface area contributed by atoms with E-state index < -0.39 is 21.8 Å². The van der Waals surface area contributed by atoms with E-state index in [1.54, 1.807) is 30.3 Å². The predicted octanol–water partition coefficient (Wildman–Crippen LogP) is 9.22. The third-order valence-corrected chi connectivity index (χ3v) is 8.10. The summed E-state index contributed by atoms with van der Waals surface area (Å²) in [5, 5.41) is 2.87. The van der Waals surface area contributed by atoms with Gasteiger partial charge in [0.1, 0.15) is 0 Å². The molecule has 3 rings (SSSR count). The number of benzene rings is 3. The van der Waals surface area contributed by atoms with E-state index in [9.17, 15) is 21.6 Å². The number of halogens is 3. The summed E-state index contributed by atoms with van der Waals surface area (Å²) in [7, 11) is -4.02. The second kappa shape index (κ2) is 15.0. The van der Waals surface area contributed by atoms with E-state index in [2.05, 4.69) is 28.8 Å². The first kappa shape index (κ1) is 31.3. The monoisotopic (exact) mass is 575 g/mol. The fourth-order valence-corrected chi connectivity index (χ4v) is 5.58. The minimum Gasteiger partial charge on any atom is -0.372 e. The molecule has 0 unspecified atom stereocenters. The van der Waals surface area contributed by atoms with Crippen LogP contribution in [-0.4, -0.2) is 21.5 Å². The molecule has 218 valence electrons. The lowest BCUT2D eigenvalue weighted by molar-refractivity contribution is -0.136. The summed E-state index contributed by atoms with van der Waals surface area (Å²) >= 11 is 0. The van der Waals surface area contributed by atoms with Crippen LogP contribution >= 0.6 is 0 Å². The Labute approximate surface area is 236 Å². The molecule has 0 radical (unpaired) electrons. The highest BCUT2D eigenvalue weighted by Crippen LogP contribution is 2.38. The quantitative estimate of drug-likeness (QED) is 0.167. The number of alkyl halides is 3. The van der Waals surface area contributed by atoms with E-state index >= 15 is 0 Å². The molecule has 0 spiro atoms. The fourth-order valence-electron chi connectivity index (χ4n) is 4.50. The first-order valence-corrected chi connectivity index (χ1v) is 15.5. The molecule has 0 aromatic heterocycles. The molecule has 0 atom stereocenters. The molecule has 3 aromatic rings. The summed E-state index contributed by atoms with van der Waals surface area (Å²) in [4.78, 5) is 2.33. The number of anilines is 4. The first-order valence-electron chi connectivity index (χ1n) is 14.0. The van der Waals surface area contributed by atoms with Crippen LogP contribution in [0.5, 0.6) is 0 Å². The maximum Gasteiger partial charge on any atom is 0.418 e. The van der Waals surface area contributed by atoms with Gasteiger partial charge in [-0.25, -0.2) is 8.42 Å². The third-order valence-electron chi connectivity index (χ3n) is 6.71. The highest BCUT2D eigenvalue weighted by atomic mass is 32.2. The molecule has 9 heteroatoms. The van der Waals surface area contributed by atoms with Crippen LogP contribution in [0, 0.1) is 0 Å². The van der Waals surface area contributed by atoms with Gasteiger partial charge in [-0.05, 0) is 67.4 Å². The van der Waals surface area contributed by atoms with E-state index in [0.29, 0.717) is 5.69 Å². The second-order valence-corrected chi connectivity index (χ2v) is 11.6. The van der Waals surface area contributed by atoms with Gasteiger partial charge in [0.25, 0.3) is 10.0 Å². The minimum absolute atomic E-state index is 0.0318. The standard InChI is InChI=1S/C31H40F3N3O2S/c1-3-5-7-12-22-37(23-13-8-6-4-2)27-19-16-25(17-20-27)35-30-21-18-26(24-29(30)31(32,33)34)36-40(38,39)28-14-10-9-11-15-28/h9-11,14-21,24,35-36H,3-8,12-13,22-23H2,1-2H3. The van der Waals surface area contributed by atoms with E-state index in [4.69, 9.17) is 0 Å². The van der Waals surface area contributed by atoms with Crippen LogP contribution in [-0.2, 0) is 16.2 Å². The van der Waals surface area contributed by atoms with Crippen molar-refractivity contribution in [1.29, 1.82) is 0 Å². The molecule has 0 fully saturated rings. The number of hydrogen-bond donors (Lipinski definition) is 2. The lowest BCUT2D eigenvalue weighted by Gasteiger charge is -2.25. The van der Waals surface area contributed by atoms with Crippen LogP contribution < -0.4 is 14.9 Å². The van der Waals surface area contributed by atoms with E-state index in [1.165, 1.54) is 62.8 Å². The van der Waals surface area contributed by atoms with Crippen molar-refractivity contribution >= 4 is 32.8 Å². The molecule has 0 saturated heterocycles. The lowest BCUT2D eigenvalue weighted by atomic mass is 10.1. The fraction of sp³-hybridized carbons (Fsp3) is 0.419. The third kappa shape index (κ3) is 9.47. The average Bonchev–Trinajstić information content (AvgIpc) is 2.93. The summed E-state index contributed by atoms with van der Waals surface area (Å²) in [6.07, 6.45) is 4.66. The molecular weight excluding hydrogens is 535 g/mol. The van der Waals surface area contributed by atoms with Crippen LogP contribution in [0.1, 0.15) is 70.8 Å².